The Bertz CT molecular complexity index is 1040. The first kappa shape index (κ1) is 34.1. The van der Waals surface area contributed by atoms with Crippen LogP contribution in [0.3, 0.4) is 0 Å². The van der Waals surface area contributed by atoms with Crippen LogP contribution in [0.2, 0.25) is 0 Å². The monoisotopic (exact) mass is 645 g/mol. The summed E-state index contributed by atoms with van der Waals surface area (Å²) in [4.78, 5) is 0. The van der Waals surface area contributed by atoms with Gasteiger partial charge in [0.1, 0.15) is 0 Å². The molecule has 0 radical (unpaired) electrons. The Morgan fingerprint density at radius 2 is 1.36 bits per heavy atom. The molecule has 0 aromatic rings. The maximum absolute atomic E-state index is 2.89. The SMILES string of the molecule is CCCCC(C1CCC(CCC)C2C3CCCC3CCC12)C1C2CCC3(CC(C)C(C)C3C)C3CCCC3C(C2C)C2CCCCC21. The number of fused-ring (bicyclic) bond motifs is 10. The van der Waals surface area contributed by atoms with E-state index in [0.29, 0.717) is 5.41 Å². The Balaban J connectivity index is 1.18. The van der Waals surface area contributed by atoms with Crippen LogP contribution in [-0.4, -0.2) is 0 Å². The molecule has 0 heteroatoms. The zero-order chi connectivity index (χ0) is 32.4. The van der Waals surface area contributed by atoms with E-state index in [2.05, 4.69) is 41.5 Å². The van der Waals surface area contributed by atoms with Gasteiger partial charge in [0.25, 0.3) is 0 Å². The molecule has 1 spiro atoms. The molecule has 0 heterocycles. The molecule has 8 fully saturated rings. The third kappa shape index (κ3) is 5.52. The quantitative estimate of drug-likeness (QED) is 0.259. The second-order valence-corrected chi connectivity index (χ2v) is 20.9. The highest BCUT2D eigenvalue weighted by Gasteiger charge is 2.63. The highest BCUT2D eigenvalue weighted by atomic mass is 14.7. The third-order valence-electron chi connectivity index (χ3n) is 19.8. The number of hydrogen-bond acceptors (Lipinski definition) is 0. The van der Waals surface area contributed by atoms with E-state index < -0.39 is 0 Å². The first-order valence-electron chi connectivity index (χ1n) is 22.9. The predicted molar refractivity (Wildman–Crippen MR) is 201 cm³/mol. The first-order chi connectivity index (χ1) is 22.9. The van der Waals surface area contributed by atoms with Gasteiger partial charge in [0.15, 0.2) is 0 Å². The zero-order valence-electron chi connectivity index (χ0n) is 32.4. The van der Waals surface area contributed by atoms with Gasteiger partial charge in [-0.05, 0) is 195 Å². The summed E-state index contributed by atoms with van der Waals surface area (Å²) >= 11 is 0. The fourth-order valence-corrected chi connectivity index (χ4v) is 18.1. The normalized spacial score (nSPS) is 54.6. The first-order valence-corrected chi connectivity index (χ1v) is 22.9. The average Bonchev–Trinajstić information content (AvgIpc) is 3.81. The van der Waals surface area contributed by atoms with Crippen LogP contribution < -0.4 is 0 Å². The molecular weight excluding hydrogens is 565 g/mol. The van der Waals surface area contributed by atoms with Crippen molar-refractivity contribution < 1.29 is 0 Å². The van der Waals surface area contributed by atoms with Gasteiger partial charge in [0.05, 0.1) is 0 Å². The maximum Gasteiger partial charge on any atom is -0.0235 e. The van der Waals surface area contributed by atoms with Crippen LogP contribution in [0.15, 0.2) is 0 Å². The van der Waals surface area contributed by atoms with Crippen molar-refractivity contribution in [3.63, 3.8) is 0 Å². The van der Waals surface area contributed by atoms with Crippen LogP contribution in [0.4, 0.5) is 0 Å². The summed E-state index contributed by atoms with van der Waals surface area (Å²) in [6, 6.07) is 0. The zero-order valence-corrected chi connectivity index (χ0v) is 32.4. The predicted octanol–water partition coefficient (Wildman–Crippen LogP) is 13.9. The van der Waals surface area contributed by atoms with Gasteiger partial charge < -0.3 is 0 Å². The molecule has 0 aromatic carbocycles. The van der Waals surface area contributed by atoms with Crippen LogP contribution in [0.25, 0.3) is 0 Å². The van der Waals surface area contributed by atoms with Gasteiger partial charge in [-0.1, -0.05) is 99.3 Å². The molecule has 0 aromatic heterocycles. The fraction of sp³-hybridized carbons (Fsp3) is 1.00. The summed E-state index contributed by atoms with van der Waals surface area (Å²) in [5, 5.41) is 0. The molecule has 47 heavy (non-hydrogen) atoms. The topological polar surface area (TPSA) is 0 Å². The van der Waals surface area contributed by atoms with Gasteiger partial charge in [-0.2, -0.15) is 0 Å². The minimum Gasteiger partial charge on any atom is -0.0654 e. The molecule has 8 saturated carbocycles. The van der Waals surface area contributed by atoms with Crippen LogP contribution >= 0.6 is 0 Å². The van der Waals surface area contributed by atoms with Gasteiger partial charge in [-0.3, -0.25) is 0 Å². The molecular formula is C47H80. The van der Waals surface area contributed by atoms with Crippen LogP contribution in [-0.2, 0) is 0 Å². The standard InChI is InChI=1S/C47H80/c1-7-9-16-38(37-24-23-34(14-8-2)45-36-19-12-15-33(36)22-25-41(37)45)46-35-26-27-47(28-29(3)30(4)32(47)6)43-21-13-20-42(43)44(31(35)5)39-17-10-11-18-40(39)46/h29-46H,7-28H2,1-6H3. The Morgan fingerprint density at radius 3 is 2.13 bits per heavy atom. The van der Waals surface area contributed by atoms with E-state index >= 15 is 0 Å². The van der Waals surface area contributed by atoms with Crippen molar-refractivity contribution in [2.24, 2.45) is 112 Å². The molecule has 0 nitrogen and oxygen atoms in total. The van der Waals surface area contributed by atoms with E-state index in [9.17, 15) is 0 Å². The largest absolute Gasteiger partial charge is 0.0654 e. The van der Waals surface area contributed by atoms with Crippen molar-refractivity contribution in [3.05, 3.63) is 0 Å². The summed E-state index contributed by atoms with van der Waals surface area (Å²) in [6.45, 7) is 16.0. The second-order valence-electron chi connectivity index (χ2n) is 20.9. The number of hydrogen-bond donors (Lipinski definition) is 0. The number of unbranched alkanes of at least 4 members (excludes halogenated alkanes) is 1. The van der Waals surface area contributed by atoms with E-state index in [4.69, 9.17) is 0 Å². The molecule has 8 aliphatic carbocycles. The van der Waals surface area contributed by atoms with Gasteiger partial charge in [-0.15, -0.1) is 0 Å². The third-order valence-corrected chi connectivity index (χ3v) is 19.8. The van der Waals surface area contributed by atoms with Gasteiger partial charge >= 0.3 is 0 Å². The van der Waals surface area contributed by atoms with E-state index in [1.807, 2.05) is 0 Å². The van der Waals surface area contributed by atoms with Crippen molar-refractivity contribution in [2.45, 2.75) is 183 Å². The van der Waals surface area contributed by atoms with Crippen LogP contribution in [0.1, 0.15) is 183 Å². The van der Waals surface area contributed by atoms with Gasteiger partial charge in [0, 0.05) is 0 Å². The van der Waals surface area contributed by atoms with Gasteiger partial charge in [0.2, 0.25) is 0 Å². The van der Waals surface area contributed by atoms with Crippen molar-refractivity contribution in [1.82, 2.24) is 0 Å². The van der Waals surface area contributed by atoms with E-state index in [1.54, 1.807) is 122 Å². The average molecular weight is 645 g/mol. The van der Waals surface area contributed by atoms with Crippen molar-refractivity contribution in [1.29, 1.82) is 0 Å². The molecule has 19 atom stereocenters. The second kappa shape index (κ2) is 13.9. The summed E-state index contributed by atoms with van der Waals surface area (Å²) in [6.07, 6.45) is 34.7. The van der Waals surface area contributed by atoms with Crippen molar-refractivity contribution >= 4 is 0 Å². The minimum atomic E-state index is 0.672. The van der Waals surface area contributed by atoms with E-state index in [0.717, 1.165) is 107 Å². The fourth-order valence-electron chi connectivity index (χ4n) is 18.1. The lowest BCUT2D eigenvalue weighted by Crippen LogP contribution is -2.57. The smallest absolute Gasteiger partial charge is 0.0235 e. The Morgan fingerprint density at radius 1 is 0.596 bits per heavy atom. The highest BCUT2D eigenvalue weighted by molar-refractivity contribution is 5.11. The molecule has 0 N–H and O–H groups in total. The Labute approximate surface area is 293 Å². The maximum atomic E-state index is 2.89. The Kier molecular flexibility index (Phi) is 10.1. The summed E-state index contributed by atoms with van der Waals surface area (Å²) < 4.78 is 0. The van der Waals surface area contributed by atoms with E-state index in [1.165, 1.54) is 19.3 Å². The minimum absolute atomic E-state index is 0.672. The van der Waals surface area contributed by atoms with Crippen molar-refractivity contribution in [2.75, 3.05) is 0 Å². The van der Waals surface area contributed by atoms with Crippen LogP contribution in [0, 0.1) is 112 Å². The lowest BCUT2D eigenvalue weighted by Gasteiger charge is -2.63. The molecule has 2 bridgehead atoms. The highest BCUT2D eigenvalue weighted by Crippen LogP contribution is 2.70. The summed E-state index contributed by atoms with van der Waals surface area (Å²) in [7, 11) is 0. The molecule has 0 aliphatic heterocycles. The van der Waals surface area contributed by atoms with Gasteiger partial charge in [-0.25, -0.2) is 0 Å². The molecule has 8 rings (SSSR count). The summed E-state index contributed by atoms with van der Waals surface area (Å²) in [5.74, 6) is 18.9. The summed E-state index contributed by atoms with van der Waals surface area (Å²) in [5.41, 5.74) is 0.672. The molecule has 0 amide bonds. The molecule has 0 saturated heterocycles. The molecule has 268 valence electrons. The number of rotatable bonds is 7. The lowest BCUT2D eigenvalue weighted by atomic mass is 9.42. The van der Waals surface area contributed by atoms with Crippen LogP contribution in [0.5, 0.6) is 0 Å². The molecule has 19 unspecified atom stereocenters. The van der Waals surface area contributed by atoms with Crippen molar-refractivity contribution in [3.8, 4) is 0 Å². The lowest BCUT2D eigenvalue weighted by molar-refractivity contribution is -0.145. The Hall–Kier alpha value is 0. The van der Waals surface area contributed by atoms with E-state index in [-0.39, 0.29) is 0 Å². The molecule has 8 aliphatic rings.